The molecule has 0 unspecified atom stereocenters. The number of unbranched alkanes of at least 4 members (excludes halogenated alkanes) is 14. The Labute approximate surface area is 300 Å². The second kappa shape index (κ2) is 20.9. The van der Waals surface area contributed by atoms with E-state index in [9.17, 15) is 0 Å². The summed E-state index contributed by atoms with van der Waals surface area (Å²) in [7, 11) is 0. The lowest BCUT2D eigenvalue weighted by Crippen LogP contribution is -1.98. The maximum atomic E-state index is 5.85. The van der Waals surface area contributed by atoms with E-state index in [0.717, 1.165) is 24.2 Å². The van der Waals surface area contributed by atoms with Gasteiger partial charge in [-0.1, -0.05) is 132 Å². The Kier molecular flexibility index (Phi) is 16.3. The van der Waals surface area contributed by atoms with Crippen LogP contribution < -0.4 is 11.5 Å². The highest BCUT2D eigenvalue weighted by Crippen LogP contribution is 2.24. The average Bonchev–Trinajstić information content (AvgIpc) is 3.06. The molecule has 4 N–H and O–H groups in total. The lowest BCUT2D eigenvalue weighted by Gasteiger charge is -2.13. The molecule has 0 saturated carbocycles. The van der Waals surface area contributed by atoms with Crippen molar-refractivity contribution < 1.29 is 0 Å². The molecular formula is C47H66N2. The molecule has 4 aromatic carbocycles. The van der Waals surface area contributed by atoms with E-state index >= 15 is 0 Å². The first kappa shape index (κ1) is 38.3. The molecule has 2 nitrogen and oxygen atoms in total. The van der Waals surface area contributed by atoms with E-state index < -0.39 is 0 Å². The Balaban J connectivity index is 0.951. The summed E-state index contributed by atoms with van der Waals surface area (Å²) in [5.74, 6) is 0. The van der Waals surface area contributed by atoms with Crippen LogP contribution in [0.15, 0.2) is 72.8 Å². The van der Waals surface area contributed by atoms with Gasteiger partial charge < -0.3 is 11.5 Å². The van der Waals surface area contributed by atoms with Crippen LogP contribution in [0.3, 0.4) is 0 Å². The van der Waals surface area contributed by atoms with Crippen LogP contribution in [-0.2, 0) is 25.7 Å². The van der Waals surface area contributed by atoms with Crippen molar-refractivity contribution in [1.82, 2.24) is 0 Å². The fourth-order valence-corrected chi connectivity index (χ4v) is 7.80. The minimum atomic E-state index is 0.834. The fourth-order valence-electron chi connectivity index (χ4n) is 7.80. The van der Waals surface area contributed by atoms with Crippen molar-refractivity contribution in [3.63, 3.8) is 0 Å². The van der Waals surface area contributed by atoms with E-state index in [4.69, 9.17) is 11.5 Å². The summed E-state index contributed by atoms with van der Waals surface area (Å²) in [6, 6.07) is 26.2. The molecular weight excluding hydrogens is 593 g/mol. The van der Waals surface area contributed by atoms with Crippen molar-refractivity contribution in [2.75, 3.05) is 11.5 Å². The van der Waals surface area contributed by atoms with Gasteiger partial charge in [-0.2, -0.15) is 0 Å². The van der Waals surface area contributed by atoms with Gasteiger partial charge in [-0.15, -0.1) is 0 Å². The molecule has 0 aliphatic heterocycles. The first-order valence-electron chi connectivity index (χ1n) is 19.7. The Morgan fingerprint density at radius 3 is 0.837 bits per heavy atom. The molecule has 4 aromatic rings. The quantitative estimate of drug-likeness (QED) is 0.0652. The van der Waals surface area contributed by atoms with E-state index in [1.54, 1.807) is 11.1 Å². The van der Waals surface area contributed by atoms with Crippen molar-refractivity contribution in [1.29, 1.82) is 0 Å². The zero-order chi connectivity index (χ0) is 34.8. The third-order valence-electron chi connectivity index (χ3n) is 10.6. The minimum absolute atomic E-state index is 0.834. The maximum Gasteiger partial charge on any atom is 0.0314 e. The summed E-state index contributed by atoms with van der Waals surface area (Å²) in [5, 5.41) is 0. The number of nitrogens with two attached hydrogens (primary N) is 2. The first-order valence-corrected chi connectivity index (χ1v) is 19.7. The number of benzene rings is 4. The Morgan fingerprint density at radius 1 is 0.327 bits per heavy atom. The van der Waals surface area contributed by atoms with Crippen molar-refractivity contribution in [3.05, 3.63) is 128 Å². The Morgan fingerprint density at radius 2 is 0.571 bits per heavy atom. The van der Waals surface area contributed by atoms with Gasteiger partial charge in [0.25, 0.3) is 0 Å². The van der Waals surface area contributed by atoms with E-state index in [1.807, 2.05) is 24.3 Å². The third kappa shape index (κ3) is 13.7. The molecule has 0 fully saturated rings. The van der Waals surface area contributed by atoms with Gasteiger partial charge in [0.15, 0.2) is 0 Å². The number of anilines is 2. The molecule has 4 rings (SSSR count). The summed E-state index contributed by atoms with van der Waals surface area (Å²) in [4.78, 5) is 0. The van der Waals surface area contributed by atoms with Crippen molar-refractivity contribution in [2.24, 2.45) is 0 Å². The molecule has 49 heavy (non-hydrogen) atoms. The van der Waals surface area contributed by atoms with Crippen LogP contribution in [-0.4, -0.2) is 0 Å². The van der Waals surface area contributed by atoms with Gasteiger partial charge in [0.05, 0.1) is 0 Å². The highest BCUT2D eigenvalue weighted by molar-refractivity contribution is 5.44. The molecule has 0 aromatic heterocycles. The summed E-state index contributed by atoms with van der Waals surface area (Å²) in [5.41, 5.74) is 27.8. The molecule has 0 spiro atoms. The smallest absolute Gasteiger partial charge is 0.0314 e. The third-order valence-corrected chi connectivity index (χ3v) is 10.6. The van der Waals surface area contributed by atoms with Crippen molar-refractivity contribution in [3.8, 4) is 0 Å². The SMILES string of the molecule is Cc1cc(Cc2ccc(N)cc2)cc(C)c1CCCCCCCCCCCCCCCCCc1c(C)cc(Cc2ccc(N)cc2)cc1C. The standard InChI is InChI=1S/C47H66N2/c1-36-30-42(34-40-22-26-44(48)27-23-40)31-37(2)46(36)20-18-16-14-12-10-8-6-5-7-9-11-13-15-17-19-21-47-38(3)32-43(33-39(47)4)35-41-24-28-45(49)29-25-41/h22-33H,5-21,34-35,48-49H2,1-4H3. The van der Waals surface area contributed by atoms with E-state index in [2.05, 4.69) is 76.2 Å². The first-order chi connectivity index (χ1) is 23.8. The van der Waals surface area contributed by atoms with E-state index in [1.165, 1.54) is 154 Å². The summed E-state index contributed by atoms with van der Waals surface area (Å²) in [6.07, 6.45) is 25.3. The minimum Gasteiger partial charge on any atom is -0.399 e. The van der Waals surface area contributed by atoms with Crippen LogP contribution in [0.1, 0.15) is 152 Å². The fraction of sp³-hybridized carbons (Fsp3) is 0.489. The molecule has 2 heteroatoms. The van der Waals surface area contributed by atoms with Gasteiger partial charge in [-0.25, -0.2) is 0 Å². The second-order valence-corrected chi connectivity index (χ2v) is 15.1. The number of aryl methyl sites for hydroxylation is 4. The van der Waals surface area contributed by atoms with Gasteiger partial charge in [-0.05, 0) is 146 Å². The average molecular weight is 659 g/mol. The lowest BCUT2D eigenvalue weighted by molar-refractivity contribution is 0.530. The molecule has 0 saturated heterocycles. The van der Waals surface area contributed by atoms with Gasteiger partial charge in [0.2, 0.25) is 0 Å². The summed E-state index contributed by atoms with van der Waals surface area (Å²) in [6.45, 7) is 9.18. The normalized spacial score (nSPS) is 11.3. The maximum absolute atomic E-state index is 5.85. The van der Waals surface area contributed by atoms with Crippen LogP contribution in [0.25, 0.3) is 0 Å². The van der Waals surface area contributed by atoms with Gasteiger partial charge in [0, 0.05) is 11.4 Å². The van der Waals surface area contributed by atoms with E-state index in [-0.39, 0.29) is 0 Å². The highest BCUT2D eigenvalue weighted by atomic mass is 14.5. The number of hydrogen-bond donors (Lipinski definition) is 2. The van der Waals surface area contributed by atoms with Gasteiger partial charge in [-0.3, -0.25) is 0 Å². The molecule has 0 bridgehead atoms. The van der Waals surface area contributed by atoms with Crippen LogP contribution in [0.4, 0.5) is 11.4 Å². The van der Waals surface area contributed by atoms with Crippen LogP contribution in [0.2, 0.25) is 0 Å². The van der Waals surface area contributed by atoms with Crippen LogP contribution in [0.5, 0.6) is 0 Å². The summed E-state index contributed by atoms with van der Waals surface area (Å²) >= 11 is 0. The zero-order valence-corrected chi connectivity index (χ0v) is 31.5. The summed E-state index contributed by atoms with van der Waals surface area (Å²) < 4.78 is 0. The molecule has 0 heterocycles. The van der Waals surface area contributed by atoms with Crippen LogP contribution >= 0.6 is 0 Å². The predicted octanol–water partition coefficient (Wildman–Crippen LogP) is 12.9. The molecule has 264 valence electrons. The predicted molar refractivity (Wildman–Crippen MR) is 216 cm³/mol. The van der Waals surface area contributed by atoms with E-state index in [0.29, 0.717) is 0 Å². The lowest BCUT2D eigenvalue weighted by atomic mass is 9.92. The molecule has 0 radical (unpaired) electrons. The largest absolute Gasteiger partial charge is 0.399 e. The number of nitrogen functional groups attached to an aromatic ring is 2. The molecule has 0 aliphatic carbocycles. The van der Waals surface area contributed by atoms with Gasteiger partial charge in [0.1, 0.15) is 0 Å². The molecule has 0 aliphatic rings. The Hall–Kier alpha value is -3.52. The topological polar surface area (TPSA) is 52.0 Å². The zero-order valence-electron chi connectivity index (χ0n) is 31.5. The number of hydrogen-bond acceptors (Lipinski definition) is 2. The number of rotatable bonds is 22. The molecule has 0 amide bonds. The molecule has 0 atom stereocenters. The monoisotopic (exact) mass is 659 g/mol. The van der Waals surface area contributed by atoms with Crippen molar-refractivity contribution >= 4 is 11.4 Å². The highest BCUT2D eigenvalue weighted by Gasteiger charge is 2.08. The second-order valence-electron chi connectivity index (χ2n) is 15.1. The van der Waals surface area contributed by atoms with Gasteiger partial charge >= 0.3 is 0 Å². The van der Waals surface area contributed by atoms with Crippen molar-refractivity contribution in [2.45, 2.75) is 150 Å². The Bertz CT molecular complexity index is 1370. The van der Waals surface area contributed by atoms with Crippen LogP contribution in [0, 0.1) is 27.7 Å².